The van der Waals surface area contributed by atoms with E-state index in [2.05, 4.69) is 63.2 Å². The van der Waals surface area contributed by atoms with Crippen molar-refractivity contribution in [3.05, 3.63) is 124 Å². The van der Waals surface area contributed by atoms with E-state index in [1.165, 1.54) is 5.56 Å². The number of aryl methyl sites for hydroxylation is 3. The lowest BCUT2D eigenvalue weighted by Crippen LogP contribution is -2.25. The summed E-state index contributed by atoms with van der Waals surface area (Å²) in [4.78, 5) is 0. The van der Waals surface area contributed by atoms with E-state index in [4.69, 9.17) is 9.26 Å². The van der Waals surface area contributed by atoms with Gasteiger partial charge in [-0.2, -0.15) is 0 Å². The van der Waals surface area contributed by atoms with Gasteiger partial charge in [-0.15, -0.1) is 0 Å². The van der Waals surface area contributed by atoms with E-state index in [1.807, 2.05) is 48.5 Å². The number of benzene rings is 4. The minimum atomic E-state index is -3.42. The maximum Gasteiger partial charge on any atom is 0.307 e. The Kier molecular flexibility index (Phi) is 5.67. The maximum absolute atomic E-state index is 14.8. The molecule has 3 nitrogen and oxygen atoms in total. The zero-order valence-electron chi connectivity index (χ0n) is 19.8. The van der Waals surface area contributed by atoms with Crippen molar-refractivity contribution in [3.63, 3.8) is 0 Å². The Balaban J connectivity index is 1.82. The number of rotatable bonds is 4. The molecule has 1 aliphatic rings. The van der Waals surface area contributed by atoms with Crippen LogP contribution in [-0.4, -0.2) is 7.11 Å². The summed E-state index contributed by atoms with van der Waals surface area (Å²) in [6, 6.07) is 30.0. The first kappa shape index (κ1) is 22.3. The highest BCUT2D eigenvalue weighted by Crippen LogP contribution is 2.56. The summed E-state index contributed by atoms with van der Waals surface area (Å²) in [6.07, 6.45) is 0. The topological polar surface area (TPSA) is 35.5 Å². The summed E-state index contributed by atoms with van der Waals surface area (Å²) in [7, 11) is -1.80. The Morgan fingerprint density at radius 2 is 1.24 bits per heavy atom. The van der Waals surface area contributed by atoms with E-state index >= 15 is 0 Å². The molecule has 0 bridgehead atoms. The molecule has 1 atom stereocenters. The van der Waals surface area contributed by atoms with E-state index in [0.29, 0.717) is 16.8 Å². The molecule has 1 heterocycles. The molecule has 170 valence electrons. The van der Waals surface area contributed by atoms with Crippen molar-refractivity contribution in [1.29, 1.82) is 0 Å². The number of fused-ring (bicyclic) bond motifs is 1. The monoisotopic (exact) mass is 466 g/mol. The Hall–Kier alpha value is -3.55. The van der Waals surface area contributed by atoms with Crippen LogP contribution in [0.15, 0.2) is 91.0 Å². The van der Waals surface area contributed by atoms with Crippen LogP contribution >= 0.6 is 7.37 Å². The summed E-state index contributed by atoms with van der Waals surface area (Å²) in [5, 5.41) is 1.36. The summed E-state index contributed by atoms with van der Waals surface area (Å²) in [5.41, 5.74) is 7.30. The van der Waals surface area contributed by atoms with Gasteiger partial charge < -0.3 is 9.26 Å². The van der Waals surface area contributed by atoms with Crippen LogP contribution in [0.1, 0.15) is 33.4 Å². The molecule has 4 aromatic rings. The summed E-state index contributed by atoms with van der Waals surface area (Å²) < 4.78 is 26.7. The van der Waals surface area contributed by atoms with Crippen molar-refractivity contribution < 1.29 is 13.8 Å². The number of hydrogen-bond donors (Lipinski definition) is 0. The molecule has 0 saturated carbocycles. The smallest absolute Gasteiger partial charge is 0.307 e. The predicted molar refractivity (Wildman–Crippen MR) is 140 cm³/mol. The van der Waals surface area contributed by atoms with Gasteiger partial charge in [0.1, 0.15) is 11.5 Å². The Labute approximate surface area is 201 Å². The second-order valence-corrected chi connectivity index (χ2v) is 11.1. The summed E-state index contributed by atoms with van der Waals surface area (Å²) in [6.45, 7) is 6.19. The molecule has 4 heteroatoms. The molecule has 4 aromatic carbocycles. The molecule has 1 unspecified atom stereocenters. The van der Waals surface area contributed by atoms with E-state index in [-0.39, 0.29) is 0 Å². The lowest BCUT2D eigenvalue weighted by Gasteiger charge is -2.32. The van der Waals surface area contributed by atoms with Gasteiger partial charge in [-0.1, -0.05) is 77.4 Å². The first-order valence-corrected chi connectivity index (χ1v) is 13.0. The number of methoxy groups -OCH3 is 1. The van der Waals surface area contributed by atoms with Gasteiger partial charge in [-0.25, -0.2) is 0 Å². The first-order chi connectivity index (χ1) is 16.4. The van der Waals surface area contributed by atoms with Gasteiger partial charge in [0.2, 0.25) is 0 Å². The van der Waals surface area contributed by atoms with Crippen LogP contribution in [0.25, 0.3) is 11.3 Å². The Bertz CT molecular complexity index is 1430. The number of hydrogen-bond acceptors (Lipinski definition) is 3. The molecule has 0 aliphatic carbocycles. The fourth-order valence-electron chi connectivity index (χ4n) is 4.33. The molecule has 0 radical (unpaired) electrons. The molecule has 1 aliphatic heterocycles. The molecule has 5 rings (SSSR count). The molecule has 0 fully saturated rings. The third-order valence-electron chi connectivity index (χ3n) is 6.25. The summed E-state index contributed by atoms with van der Waals surface area (Å²) >= 11 is 0. The van der Waals surface area contributed by atoms with Crippen LogP contribution in [0, 0.1) is 20.8 Å². The van der Waals surface area contributed by atoms with Crippen LogP contribution in [0.2, 0.25) is 0 Å². The highest BCUT2D eigenvalue weighted by molar-refractivity contribution is 7.74. The Morgan fingerprint density at radius 3 is 1.82 bits per heavy atom. The van der Waals surface area contributed by atoms with Crippen LogP contribution in [-0.2, 0) is 9.09 Å². The Morgan fingerprint density at radius 1 is 0.676 bits per heavy atom. The zero-order valence-corrected chi connectivity index (χ0v) is 20.7. The first-order valence-electron chi connectivity index (χ1n) is 11.3. The van der Waals surface area contributed by atoms with E-state index in [1.54, 1.807) is 7.11 Å². The quantitative estimate of drug-likeness (QED) is 0.311. The number of ether oxygens (including phenoxy) is 1. The third kappa shape index (κ3) is 3.87. The van der Waals surface area contributed by atoms with Gasteiger partial charge in [0.05, 0.1) is 17.7 Å². The zero-order chi connectivity index (χ0) is 23.9. The standard InChI is InChI=1S/C30H27O3P/c1-20-5-10-23(11-6-20)29-27-19-22(3)9-18-28(27)34(31,26-16-14-25(32-4)15-17-26)33-30(29)24-12-7-21(2)8-13-24/h5-19H,1-4H3. The molecule has 0 amide bonds. The normalized spacial score (nSPS) is 17.2. The van der Waals surface area contributed by atoms with E-state index in [9.17, 15) is 4.57 Å². The van der Waals surface area contributed by atoms with Gasteiger partial charge in [0.25, 0.3) is 0 Å². The van der Waals surface area contributed by atoms with Crippen molar-refractivity contribution in [3.8, 4) is 5.75 Å². The lowest BCUT2D eigenvalue weighted by atomic mass is 9.92. The fourth-order valence-corrected chi connectivity index (χ4v) is 6.57. The summed E-state index contributed by atoms with van der Waals surface area (Å²) in [5.74, 6) is 1.35. The van der Waals surface area contributed by atoms with Crippen LogP contribution in [0.4, 0.5) is 0 Å². The second-order valence-electron chi connectivity index (χ2n) is 8.80. The van der Waals surface area contributed by atoms with Gasteiger partial charge in [-0.3, -0.25) is 4.57 Å². The minimum absolute atomic E-state index is 0.640. The highest BCUT2D eigenvalue weighted by atomic mass is 31.2. The van der Waals surface area contributed by atoms with Crippen LogP contribution < -0.4 is 15.3 Å². The van der Waals surface area contributed by atoms with Crippen molar-refractivity contribution in [2.24, 2.45) is 0 Å². The highest BCUT2D eigenvalue weighted by Gasteiger charge is 2.40. The van der Waals surface area contributed by atoms with Gasteiger partial charge in [0.15, 0.2) is 0 Å². The largest absolute Gasteiger partial charge is 0.497 e. The van der Waals surface area contributed by atoms with E-state index < -0.39 is 7.37 Å². The van der Waals surface area contributed by atoms with Crippen molar-refractivity contribution in [2.45, 2.75) is 20.8 Å². The molecule has 34 heavy (non-hydrogen) atoms. The van der Waals surface area contributed by atoms with Gasteiger partial charge >= 0.3 is 7.37 Å². The van der Waals surface area contributed by atoms with Crippen molar-refractivity contribution >= 4 is 29.3 Å². The van der Waals surface area contributed by atoms with Crippen LogP contribution in [0.3, 0.4) is 0 Å². The lowest BCUT2D eigenvalue weighted by molar-refractivity contribution is 0.415. The van der Waals surface area contributed by atoms with E-state index in [0.717, 1.165) is 38.7 Å². The maximum atomic E-state index is 14.8. The van der Waals surface area contributed by atoms with Crippen LogP contribution in [0.5, 0.6) is 5.75 Å². The molecule has 0 aromatic heterocycles. The fraction of sp³-hybridized carbons (Fsp3) is 0.133. The van der Waals surface area contributed by atoms with Gasteiger partial charge in [0, 0.05) is 16.7 Å². The van der Waals surface area contributed by atoms with Gasteiger partial charge in [-0.05, 0) is 56.7 Å². The molecule has 0 spiro atoms. The van der Waals surface area contributed by atoms with Crippen molar-refractivity contribution in [2.75, 3.05) is 7.11 Å². The molecule has 0 saturated heterocycles. The van der Waals surface area contributed by atoms with Crippen molar-refractivity contribution in [1.82, 2.24) is 0 Å². The predicted octanol–water partition coefficient (Wildman–Crippen LogP) is 6.80. The molecular weight excluding hydrogens is 439 g/mol. The molecular formula is C30H27O3P. The SMILES string of the molecule is COc1ccc(P2(=O)OC(c3ccc(C)cc3)=C(c3ccc(C)cc3)c3cc(C)ccc32)cc1. The second kappa shape index (κ2) is 8.66. The third-order valence-corrected chi connectivity index (χ3v) is 8.69. The minimum Gasteiger partial charge on any atom is -0.497 e. The average molecular weight is 467 g/mol. The average Bonchev–Trinajstić information content (AvgIpc) is 2.85. The molecule has 0 N–H and O–H groups in total.